The fourth-order valence-corrected chi connectivity index (χ4v) is 10.5. The minimum atomic E-state index is -3.31. The van der Waals surface area contributed by atoms with Gasteiger partial charge in [0.2, 0.25) is 20.0 Å². The molecule has 7 aromatic rings. The molecule has 4 aromatic carbocycles. The second-order valence-electron chi connectivity index (χ2n) is 27.3. The summed E-state index contributed by atoms with van der Waals surface area (Å²) in [6.45, 7) is 60.1. The number of hydrogen-bond acceptors (Lipinski definition) is 15. The van der Waals surface area contributed by atoms with Crippen LogP contribution in [0, 0.1) is 11.8 Å². The summed E-state index contributed by atoms with van der Waals surface area (Å²) in [6, 6.07) is 47.5. The molecule has 0 amide bonds. The van der Waals surface area contributed by atoms with Crippen molar-refractivity contribution < 1.29 is 40.9 Å². The number of aliphatic hydroxyl groups is 2. The lowest BCUT2D eigenvalue weighted by Crippen LogP contribution is -2.40. The third-order valence-electron chi connectivity index (χ3n) is 11.5. The van der Waals surface area contributed by atoms with Crippen molar-refractivity contribution in [2.75, 3.05) is 44.7 Å². The molecule has 19 heteroatoms. The van der Waals surface area contributed by atoms with Gasteiger partial charge in [-0.1, -0.05) is 178 Å². The zero-order valence-corrected chi connectivity index (χ0v) is 70.5. The van der Waals surface area contributed by atoms with Crippen molar-refractivity contribution in [1.82, 2.24) is 29.2 Å². The molecule has 0 radical (unpaired) electrons. The molecule has 5 heterocycles. The van der Waals surface area contributed by atoms with Crippen LogP contribution in [0.2, 0.25) is 0 Å². The van der Waals surface area contributed by atoms with Crippen LogP contribution in [0.5, 0.6) is 0 Å². The van der Waals surface area contributed by atoms with Crippen molar-refractivity contribution in [3.63, 3.8) is 0 Å². The van der Waals surface area contributed by atoms with Gasteiger partial charge in [-0.3, -0.25) is 4.90 Å². The van der Waals surface area contributed by atoms with Crippen LogP contribution >= 0.6 is 11.3 Å². The van der Waals surface area contributed by atoms with Gasteiger partial charge < -0.3 is 34.3 Å². The molecular weight excluding hydrogens is 1340 g/mol. The lowest BCUT2D eigenvalue weighted by atomic mass is 10.1. The number of morpholine rings is 1. The smallest absolute Gasteiger partial charge is 0.240 e. The molecule has 584 valence electrons. The van der Waals surface area contributed by atoms with E-state index in [1.54, 1.807) is 114 Å². The van der Waals surface area contributed by atoms with E-state index in [0.717, 1.165) is 56.4 Å². The number of para-hydroxylation sites is 1. The SMILES string of the molecule is CC.CC(C)C.CC(C)C.CC(C)N1CCCC1.CC(C)N1CCOCC1.CC(C)NS(=O)(=O)Cc1ccccc1.CC(C)NS(=O)(=O)c1ccccc1.CC(C)Nc1ccccc1.CC(C)O.CC(C)O.CC(C)OCc1ccccc1.CC(C)c1cncnc1.c1ccoc1.c1ccsc1. The number of nitrogens with zero attached hydrogens (tertiary/aromatic N) is 4. The number of nitrogens with one attached hydrogen (secondary N) is 3. The summed E-state index contributed by atoms with van der Waals surface area (Å²) in [6.07, 6.45) is 11.3. The fourth-order valence-electron chi connectivity index (χ4n) is 7.29. The Morgan fingerprint density at radius 1 is 0.490 bits per heavy atom. The predicted molar refractivity (Wildman–Crippen MR) is 441 cm³/mol. The Morgan fingerprint density at radius 3 is 1.16 bits per heavy atom. The number of likely N-dealkylation sites (tertiary alicyclic amines) is 1. The number of thiophene rings is 1. The fraction of sp³-hybridized carbons (Fsp3) is 0.566. The molecule has 2 saturated heterocycles. The zero-order chi connectivity index (χ0) is 78.7. The first-order valence-corrected chi connectivity index (χ1v) is 40.7. The van der Waals surface area contributed by atoms with E-state index in [4.69, 9.17) is 19.7 Å². The van der Waals surface area contributed by atoms with E-state index in [0.29, 0.717) is 29.0 Å². The molecule has 0 spiro atoms. The molecule has 0 bridgehead atoms. The van der Waals surface area contributed by atoms with E-state index in [1.807, 2.05) is 144 Å². The average Bonchev–Trinajstić information content (AvgIpc) is 1.09. The maximum absolute atomic E-state index is 11.5. The molecular formula is C83H145N7O9S3. The van der Waals surface area contributed by atoms with Crippen molar-refractivity contribution in [2.45, 2.75) is 265 Å². The number of aromatic nitrogens is 2. The topological polar surface area (TPSA) is 209 Å². The van der Waals surface area contributed by atoms with Gasteiger partial charge in [0.25, 0.3) is 0 Å². The normalized spacial score (nSPS) is 12.2. The Bertz CT molecular complexity index is 2860. The second kappa shape index (κ2) is 69.7. The van der Waals surface area contributed by atoms with E-state index in [1.165, 1.54) is 42.7 Å². The van der Waals surface area contributed by atoms with Gasteiger partial charge in [0.05, 0.1) is 49.1 Å². The molecule has 3 aromatic heterocycles. The van der Waals surface area contributed by atoms with E-state index in [2.05, 4.69) is 160 Å². The highest BCUT2D eigenvalue weighted by Gasteiger charge is 2.16. The van der Waals surface area contributed by atoms with Crippen molar-refractivity contribution in [3.05, 3.63) is 204 Å². The quantitative estimate of drug-likeness (QED) is 0.0647. The minimum Gasteiger partial charge on any atom is -0.473 e. The summed E-state index contributed by atoms with van der Waals surface area (Å²) in [5.41, 5.74) is 4.43. The molecule has 9 rings (SSSR count). The zero-order valence-electron chi connectivity index (χ0n) is 68.1. The Hall–Kier alpha value is -5.68. The van der Waals surface area contributed by atoms with Crippen molar-refractivity contribution in [1.29, 1.82) is 0 Å². The van der Waals surface area contributed by atoms with Gasteiger partial charge in [-0.15, -0.1) is 0 Å². The first-order chi connectivity index (χ1) is 47.9. The van der Waals surface area contributed by atoms with Crippen molar-refractivity contribution in [3.8, 4) is 0 Å². The highest BCUT2D eigenvalue weighted by Crippen LogP contribution is 2.12. The van der Waals surface area contributed by atoms with Crippen LogP contribution in [0.3, 0.4) is 0 Å². The Kier molecular flexibility index (Phi) is 71.7. The van der Waals surface area contributed by atoms with Crippen LogP contribution in [0.25, 0.3) is 0 Å². The summed E-state index contributed by atoms with van der Waals surface area (Å²) in [7, 11) is -6.49. The van der Waals surface area contributed by atoms with Gasteiger partial charge in [-0.05, 0) is 218 Å². The summed E-state index contributed by atoms with van der Waals surface area (Å²) >= 11 is 1.71. The third kappa shape index (κ3) is 80.0. The monoisotopic (exact) mass is 1480 g/mol. The highest BCUT2D eigenvalue weighted by molar-refractivity contribution is 7.89. The summed E-state index contributed by atoms with van der Waals surface area (Å²) in [5, 5.41) is 23.5. The van der Waals surface area contributed by atoms with Gasteiger partial charge >= 0.3 is 0 Å². The van der Waals surface area contributed by atoms with Crippen LogP contribution in [0.4, 0.5) is 5.69 Å². The molecule has 2 aliphatic rings. The Morgan fingerprint density at radius 2 is 0.863 bits per heavy atom. The molecule has 0 saturated carbocycles. The lowest BCUT2D eigenvalue weighted by molar-refractivity contribution is 0.0238. The van der Waals surface area contributed by atoms with Crippen LogP contribution < -0.4 is 14.8 Å². The number of anilines is 1. The molecule has 2 fully saturated rings. The molecule has 0 atom stereocenters. The molecule has 16 nitrogen and oxygen atoms in total. The van der Waals surface area contributed by atoms with Gasteiger partial charge in [-0.25, -0.2) is 36.2 Å². The Balaban J connectivity index is -0.000000339. The van der Waals surface area contributed by atoms with Crippen LogP contribution in [-0.2, 0) is 41.9 Å². The number of sulfonamides is 2. The van der Waals surface area contributed by atoms with Crippen LogP contribution in [0.15, 0.2) is 197 Å². The van der Waals surface area contributed by atoms with Gasteiger partial charge in [0.1, 0.15) is 6.33 Å². The van der Waals surface area contributed by atoms with Crippen LogP contribution in [-0.4, -0.2) is 135 Å². The number of aliphatic hydroxyl groups excluding tert-OH is 2. The number of ether oxygens (including phenoxy) is 2. The number of benzene rings is 4. The third-order valence-corrected chi connectivity index (χ3v) is 15.3. The number of rotatable bonds is 15. The number of furan rings is 1. The summed E-state index contributed by atoms with van der Waals surface area (Å²) in [4.78, 5) is 13.1. The molecule has 102 heavy (non-hydrogen) atoms. The maximum atomic E-state index is 11.5. The first-order valence-electron chi connectivity index (χ1n) is 36.6. The Labute approximate surface area is 628 Å². The van der Waals surface area contributed by atoms with Crippen molar-refractivity contribution >= 4 is 37.1 Å². The molecule has 2 aliphatic heterocycles. The summed E-state index contributed by atoms with van der Waals surface area (Å²) in [5.74, 6) is 2.25. The standard InChI is InChI=1S/C10H15NO2S.C10H14O.C9H13NO2S.C9H13N.C7H10N2.C7H15NO.C7H15N.C4H4O.C4H4S.2C4H10.2C3H8O.C2H6/c1-9(2)11-14(12,13)8-10-6-4-3-5-7-10;1-9(2)11-8-10-6-4-3-5-7-10;1-8(2)10-13(11,12)9-6-4-3-5-7-9;1-8(2)10-9-6-4-3-5-7-9;1-6(2)7-3-8-5-9-4-7;1-7(2)8-3-5-9-6-4-8;1-7(2)8-5-3-4-6-8;2*1-2-4-5-3-1;2*1-4(2)3;2*1-3(2)4;1-2/h3-7,9,11H,8H2,1-2H3;3-7,9H,8H2,1-2H3;3-8,10H,1-2H3;3-8,10H,1-2H3;3-6H,1-2H3;7H,3-6H2,1-2H3;7H,3-6H2,1-2H3;2*1-4H;2*4H,1-3H3;2*3-4H,1-2H3;1-2H3. The van der Waals surface area contributed by atoms with Gasteiger partial charge in [0, 0.05) is 73.6 Å². The van der Waals surface area contributed by atoms with Crippen molar-refractivity contribution in [2.24, 2.45) is 11.8 Å². The van der Waals surface area contributed by atoms with Gasteiger partial charge in [-0.2, -0.15) is 11.3 Å². The summed E-state index contributed by atoms with van der Waals surface area (Å²) < 4.78 is 66.3. The molecule has 5 N–H and O–H groups in total. The average molecular weight is 1480 g/mol. The minimum absolute atomic E-state index is 0.0476. The molecule has 0 aliphatic carbocycles. The van der Waals surface area contributed by atoms with E-state index in [-0.39, 0.29) is 30.0 Å². The largest absolute Gasteiger partial charge is 0.473 e. The number of hydrogen-bond donors (Lipinski definition) is 5. The second-order valence-corrected chi connectivity index (χ2v) is 31.5. The first kappa shape index (κ1) is 105. The van der Waals surface area contributed by atoms with E-state index < -0.39 is 20.0 Å². The highest BCUT2D eigenvalue weighted by atomic mass is 32.2. The maximum Gasteiger partial charge on any atom is 0.240 e. The molecule has 0 unspecified atom stereocenters. The predicted octanol–water partition coefficient (Wildman–Crippen LogP) is 20.0. The van der Waals surface area contributed by atoms with E-state index >= 15 is 0 Å². The van der Waals surface area contributed by atoms with Crippen LogP contribution in [0.1, 0.15) is 215 Å². The lowest BCUT2D eigenvalue weighted by Gasteiger charge is -2.29. The van der Waals surface area contributed by atoms with Gasteiger partial charge in [0.15, 0.2) is 0 Å². The van der Waals surface area contributed by atoms with E-state index in [9.17, 15) is 16.8 Å².